The van der Waals surface area contributed by atoms with Crippen molar-refractivity contribution in [2.75, 3.05) is 33.3 Å². The molecule has 1 aliphatic heterocycles. The van der Waals surface area contributed by atoms with Gasteiger partial charge in [0.25, 0.3) is 5.91 Å². The molecule has 0 saturated carbocycles. The summed E-state index contributed by atoms with van der Waals surface area (Å²) < 4.78 is 5.18. The number of methoxy groups -OCH3 is 1. The van der Waals surface area contributed by atoms with Crippen molar-refractivity contribution in [3.8, 4) is 16.9 Å². The number of carbonyl (C=O) groups is 1. The summed E-state index contributed by atoms with van der Waals surface area (Å²) in [7, 11) is 1.63. The summed E-state index contributed by atoms with van der Waals surface area (Å²) in [6, 6.07) is 22.0. The van der Waals surface area contributed by atoms with Gasteiger partial charge in [0.15, 0.2) is 0 Å². The van der Waals surface area contributed by atoms with E-state index in [1.54, 1.807) is 7.11 Å². The molecule has 1 fully saturated rings. The SMILES string of the molecule is COc1ccc(C(=O)N2CCN(Cc3ccccc3-c3ccc(C)c(Cl)c3)CC2)cc1. The Morgan fingerprint density at radius 1 is 0.968 bits per heavy atom. The number of halogens is 1. The van der Waals surface area contributed by atoms with E-state index in [1.807, 2.05) is 42.2 Å². The summed E-state index contributed by atoms with van der Waals surface area (Å²) in [6.45, 7) is 6.03. The van der Waals surface area contributed by atoms with Crippen LogP contribution in [0.4, 0.5) is 0 Å². The molecule has 0 N–H and O–H groups in total. The highest BCUT2D eigenvalue weighted by Gasteiger charge is 2.22. The molecule has 4 rings (SSSR count). The average molecular weight is 435 g/mol. The molecule has 1 saturated heterocycles. The van der Waals surface area contributed by atoms with Gasteiger partial charge in [0.1, 0.15) is 5.75 Å². The van der Waals surface area contributed by atoms with E-state index in [1.165, 1.54) is 11.1 Å². The molecule has 1 aliphatic rings. The number of aryl methyl sites for hydroxylation is 1. The maximum absolute atomic E-state index is 12.8. The normalized spacial score (nSPS) is 14.5. The van der Waals surface area contributed by atoms with E-state index in [0.29, 0.717) is 5.56 Å². The van der Waals surface area contributed by atoms with Gasteiger partial charge in [0.05, 0.1) is 7.11 Å². The van der Waals surface area contributed by atoms with Crippen molar-refractivity contribution in [1.82, 2.24) is 9.80 Å². The van der Waals surface area contributed by atoms with Crippen molar-refractivity contribution in [2.24, 2.45) is 0 Å². The van der Waals surface area contributed by atoms with Crippen molar-refractivity contribution in [1.29, 1.82) is 0 Å². The van der Waals surface area contributed by atoms with Crippen LogP contribution < -0.4 is 4.74 Å². The fraction of sp³-hybridized carbons (Fsp3) is 0.269. The van der Waals surface area contributed by atoms with Gasteiger partial charge in [-0.05, 0) is 59.5 Å². The molecule has 0 bridgehead atoms. The van der Waals surface area contributed by atoms with Gasteiger partial charge in [-0.1, -0.05) is 48.0 Å². The van der Waals surface area contributed by atoms with E-state index in [2.05, 4.69) is 41.3 Å². The molecule has 0 aliphatic carbocycles. The Balaban J connectivity index is 1.41. The minimum absolute atomic E-state index is 0.0806. The van der Waals surface area contributed by atoms with Crippen LogP contribution in [-0.2, 0) is 6.54 Å². The van der Waals surface area contributed by atoms with E-state index >= 15 is 0 Å². The van der Waals surface area contributed by atoms with Crippen LogP contribution in [0.15, 0.2) is 66.7 Å². The Hall–Kier alpha value is -2.82. The van der Waals surface area contributed by atoms with Crippen LogP contribution in [0.25, 0.3) is 11.1 Å². The highest BCUT2D eigenvalue weighted by molar-refractivity contribution is 6.31. The van der Waals surface area contributed by atoms with Crippen LogP contribution in [0, 0.1) is 6.92 Å². The highest BCUT2D eigenvalue weighted by atomic mass is 35.5. The fourth-order valence-corrected chi connectivity index (χ4v) is 4.15. The predicted octanol–water partition coefficient (Wildman–Crippen LogP) is 5.28. The van der Waals surface area contributed by atoms with Crippen LogP contribution in [0.3, 0.4) is 0 Å². The number of rotatable bonds is 5. The minimum atomic E-state index is 0.0806. The molecular formula is C26H27ClN2O2. The molecule has 160 valence electrons. The van der Waals surface area contributed by atoms with Gasteiger partial charge in [-0.2, -0.15) is 0 Å². The second kappa shape index (κ2) is 9.54. The van der Waals surface area contributed by atoms with Gasteiger partial charge in [-0.3, -0.25) is 9.69 Å². The van der Waals surface area contributed by atoms with Crippen LogP contribution in [0.2, 0.25) is 5.02 Å². The highest BCUT2D eigenvalue weighted by Crippen LogP contribution is 2.29. The molecule has 31 heavy (non-hydrogen) atoms. The molecule has 3 aromatic rings. The topological polar surface area (TPSA) is 32.8 Å². The zero-order valence-electron chi connectivity index (χ0n) is 18.0. The van der Waals surface area contributed by atoms with E-state index in [9.17, 15) is 4.79 Å². The second-order valence-electron chi connectivity index (χ2n) is 7.92. The first kappa shape index (κ1) is 21.4. The number of benzene rings is 3. The molecule has 0 radical (unpaired) electrons. The molecular weight excluding hydrogens is 408 g/mol. The van der Waals surface area contributed by atoms with Crippen LogP contribution in [-0.4, -0.2) is 49.0 Å². The third kappa shape index (κ3) is 4.92. The minimum Gasteiger partial charge on any atom is -0.497 e. The largest absolute Gasteiger partial charge is 0.497 e. The van der Waals surface area contributed by atoms with Gasteiger partial charge in [0, 0.05) is 43.3 Å². The lowest BCUT2D eigenvalue weighted by Crippen LogP contribution is -2.48. The number of ether oxygens (including phenoxy) is 1. The lowest BCUT2D eigenvalue weighted by atomic mass is 9.98. The summed E-state index contributed by atoms with van der Waals surface area (Å²) in [5.74, 6) is 0.840. The molecule has 1 heterocycles. The number of nitrogens with zero attached hydrogens (tertiary/aromatic N) is 2. The Kier molecular flexibility index (Phi) is 6.59. The van der Waals surface area contributed by atoms with Crippen molar-refractivity contribution >= 4 is 17.5 Å². The summed E-state index contributed by atoms with van der Waals surface area (Å²) in [6.07, 6.45) is 0. The van der Waals surface area contributed by atoms with E-state index in [-0.39, 0.29) is 5.91 Å². The lowest BCUT2D eigenvalue weighted by Gasteiger charge is -2.35. The number of amides is 1. The molecule has 0 unspecified atom stereocenters. The van der Waals surface area contributed by atoms with Crippen LogP contribution in [0.5, 0.6) is 5.75 Å². The zero-order chi connectivity index (χ0) is 21.8. The smallest absolute Gasteiger partial charge is 0.253 e. The molecule has 0 atom stereocenters. The summed E-state index contributed by atoms with van der Waals surface area (Å²) in [5.41, 5.74) is 5.41. The monoisotopic (exact) mass is 434 g/mol. The summed E-state index contributed by atoms with van der Waals surface area (Å²) >= 11 is 6.37. The van der Waals surface area contributed by atoms with Gasteiger partial charge in [-0.15, -0.1) is 0 Å². The first-order chi connectivity index (χ1) is 15.0. The predicted molar refractivity (Wildman–Crippen MR) is 126 cm³/mol. The van der Waals surface area contributed by atoms with Gasteiger partial charge in [0.2, 0.25) is 0 Å². The maximum Gasteiger partial charge on any atom is 0.253 e. The summed E-state index contributed by atoms with van der Waals surface area (Å²) in [4.78, 5) is 17.2. The number of hydrogen-bond donors (Lipinski definition) is 0. The number of piperazine rings is 1. The van der Waals surface area contributed by atoms with Crippen molar-refractivity contribution in [3.05, 3.63) is 88.4 Å². The first-order valence-corrected chi connectivity index (χ1v) is 10.9. The Bertz CT molecular complexity index is 1060. The molecule has 4 nitrogen and oxygen atoms in total. The standard InChI is InChI=1S/C26H27ClN2O2/c1-19-7-8-21(17-25(19)27)24-6-4-3-5-22(24)18-28-13-15-29(16-14-28)26(30)20-9-11-23(31-2)12-10-20/h3-12,17H,13-16,18H2,1-2H3. The lowest BCUT2D eigenvalue weighted by molar-refractivity contribution is 0.0628. The average Bonchev–Trinajstić information content (AvgIpc) is 2.81. The van der Waals surface area contributed by atoms with Crippen molar-refractivity contribution < 1.29 is 9.53 Å². The zero-order valence-corrected chi connectivity index (χ0v) is 18.7. The van der Waals surface area contributed by atoms with Gasteiger partial charge >= 0.3 is 0 Å². The molecule has 1 amide bonds. The number of hydrogen-bond acceptors (Lipinski definition) is 3. The first-order valence-electron chi connectivity index (χ1n) is 10.6. The van der Waals surface area contributed by atoms with E-state index in [0.717, 1.165) is 54.6 Å². The van der Waals surface area contributed by atoms with Gasteiger partial charge < -0.3 is 9.64 Å². The molecule has 3 aromatic carbocycles. The van der Waals surface area contributed by atoms with E-state index in [4.69, 9.17) is 16.3 Å². The number of carbonyl (C=O) groups excluding carboxylic acids is 1. The van der Waals surface area contributed by atoms with E-state index < -0.39 is 0 Å². The maximum atomic E-state index is 12.8. The van der Waals surface area contributed by atoms with Crippen molar-refractivity contribution in [3.63, 3.8) is 0 Å². The Morgan fingerprint density at radius 3 is 2.35 bits per heavy atom. The Labute approximate surface area is 189 Å². The van der Waals surface area contributed by atoms with Crippen molar-refractivity contribution in [2.45, 2.75) is 13.5 Å². The third-order valence-electron chi connectivity index (χ3n) is 5.89. The fourth-order valence-electron chi connectivity index (χ4n) is 3.97. The van der Waals surface area contributed by atoms with Gasteiger partial charge in [-0.25, -0.2) is 0 Å². The molecule has 0 aromatic heterocycles. The molecule has 0 spiro atoms. The Morgan fingerprint density at radius 2 is 1.68 bits per heavy atom. The second-order valence-corrected chi connectivity index (χ2v) is 8.33. The van der Waals surface area contributed by atoms with Crippen LogP contribution >= 0.6 is 11.6 Å². The quantitative estimate of drug-likeness (QED) is 0.547. The molecule has 5 heteroatoms. The summed E-state index contributed by atoms with van der Waals surface area (Å²) in [5, 5.41) is 0.790. The van der Waals surface area contributed by atoms with Crippen LogP contribution in [0.1, 0.15) is 21.5 Å². The third-order valence-corrected chi connectivity index (χ3v) is 6.30.